The molecule has 0 aliphatic carbocycles. The van der Waals surface area contributed by atoms with Gasteiger partial charge in [-0.05, 0) is 43.7 Å². The van der Waals surface area contributed by atoms with Gasteiger partial charge in [0, 0.05) is 0 Å². The van der Waals surface area contributed by atoms with Crippen LogP contribution in [0.15, 0.2) is 54.6 Å². The van der Waals surface area contributed by atoms with Crippen LogP contribution in [0, 0.1) is 0 Å². The van der Waals surface area contributed by atoms with Gasteiger partial charge in [-0.3, -0.25) is 4.79 Å². The summed E-state index contributed by atoms with van der Waals surface area (Å²) in [6.07, 6.45) is 0.147. The number of ether oxygens (including phenoxy) is 1. The van der Waals surface area contributed by atoms with E-state index in [0.717, 1.165) is 11.3 Å². The predicted octanol–water partition coefficient (Wildman–Crippen LogP) is 2.91. The van der Waals surface area contributed by atoms with Crippen molar-refractivity contribution in [2.45, 2.75) is 32.4 Å². The van der Waals surface area contributed by atoms with E-state index >= 15 is 0 Å². The minimum absolute atomic E-state index is 0.0679. The lowest BCUT2D eigenvalue weighted by Gasteiger charge is -2.22. The van der Waals surface area contributed by atoms with Crippen molar-refractivity contribution in [2.75, 3.05) is 0 Å². The van der Waals surface area contributed by atoms with Crippen LogP contribution in [0.2, 0.25) is 0 Å². The van der Waals surface area contributed by atoms with Crippen molar-refractivity contribution < 1.29 is 14.6 Å². The third-order valence-electron chi connectivity index (χ3n) is 3.46. The second-order valence-corrected chi connectivity index (χ2v) is 5.34. The highest BCUT2D eigenvalue weighted by Gasteiger charge is 2.16. The Labute approximate surface area is 130 Å². The van der Waals surface area contributed by atoms with Crippen LogP contribution in [0.4, 0.5) is 0 Å². The molecule has 0 spiro atoms. The summed E-state index contributed by atoms with van der Waals surface area (Å²) in [5.74, 6) is 0.916. The molecule has 0 saturated carbocycles. The summed E-state index contributed by atoms with van der Waals surface area (Å²) in [7, 11) is 0. The van der Waals surface area contributed by atoms with Crippen LogP contribution in [-0.4, -0.2) is 23.2 Å². The largest absolute Gasteiger partial charge is 0.508 e. The van der Waals surface area contributed by atoms with E-state index in [0.29, 0.717) is 0 Å². The Balaban J connectivity index is 1.83. The maximum absolute atomic E-state index is 12.0. The molecule has 22 heavy (non-hydrogen) atoms. The van der Waals surface area contributed by atoms with Crippen LogP contribution in [0.5, 0.6) is 11.5 Å². The average molecular weight is 299 g/mol. The molecular formula is C18H21NO3. The van der Waals surface area contributed by atoms with Crippen molar-refractivity contribution in [3.63, 3.8) is 0 Å². The lowest BCUT2D eigenvalue weighted by Crippen LogP contribution is -2.43. The number of phenols is 1. The summed E-state index contributed by atoms with van der Waals surface area (Å²) in [6, 6.07) is 16.1. The van der Waals surface area contributed by atoms with Gasteiger partial charge in [-0.25, -0.2) is 0 Å². The lowest BCUT2D eigenvalue weighted by molar-refractivity contribution is -0.121. The number of carbonyl (C=O) groups is 1. The Bertz CT molecular complexity index is 595. The normalized spacial score (nSPS) is 13.2. The Kier molecular flexibility index (Phi) is 5.42. The fourth-order valence-corrected chi connectivity index (χ4v) is 2.04. The lowest BCUT2D eigenvalue weighted by atomic mass is 10.1. The molecule has 116 valence electrons. The topological polar surface area (TPSA) is 58.6 Å². The minimum Gasteiger partial charge on any atom is -0.508 e. The van der Waals surface area contributed by atoms with Crippen LogP contribution in [0.1, 0.15) is 19.4 Å². The standard InChI is InChI=1S/C18H21NO3/c1-13(14(2)22-17-6-4-3-5-7-17)19-18(21)12-15-8-10-16(20)11-9-15/h3-11,13-14,20H,12H2,1-2H3,(H,19,21)/t13-,14-/m0/s1. The molecule has 2 aromatic rings. The zero-order chi connectivity index (χ0) is 15.9. The van der Waals surface area contributed by atoms with E-state index in [1.54, 1.807) is 24.3 Å². The quantitative estimate of drug-likeness (QED) is 0.862. The van der Waals surface area contributed by atoms with Crippen LogP contribution >= 0.6 is 0 Å². The van der Waals surface area contributed by atoms with Gasteiger partial charge in [0.25, 0.3) is 0 Å². The SMILES string of the molecule is C[C@H](NC(=O)Cc1ccc(O)cc1)[C@H](C)Oc1ccccc1. The van der Waals surface area contributed by atoms with Gasteiger partial charge in [-0.1, -0.05) is 30.3 Å². The molecule has 0 aliphatic heterocycles. The summed E-state index contributed by atoms with van der Waals surface area (Å²) in [6.45, 7) is 3.85. The zero-order valence-corrected chi connectivity index (χ0v) is 12.8. The van der Waals surface area contributed by atoms with E-state index < -0.39 is 0 Å². The number of nitrogens with one attached hydrogen (secondary N) is 1. The van der Waals surface area contributed by atoms with Crippen LogP contribution in [0.3, 0.4) is 0 Å². The molecule has 0 aliphatic rings. The van der Waals surface area contributed by atoms with Crippen molar-refractivity contribution in [3.05, 3.63) is 60.2 Å². The number of para-hydroxylation sites is 1. The highest BCUT2D eigenvalue weighted by molar-refractivity contribution is 5.78. The van der Waals surface area contributed by atoms with E-state index in [4.69, 9.17) is 4.74 Å². The number of hydrogen-bond acceptors (Lipinski definition) is 3. The Hall–Kier alpha value is -2.49. The molecule has 2 rings (SSSR count). The first kappa shape index (κ1) is 15.9. The van der Waals surface area contributed by atoms with Crippen molar-refractivity contribution >= 4 is 5.91 Å². The maximum Gasteiger partial charge on any atom is 0.224 e. The highest BCUT2D eigenvalue weighted by atomic mass is 16.5. The van der Waals surface area contributed by atoms with Gasteiger partial charge < -0.3 is 15.2 Å². The van der Waals surface area contributed by atoms with Crippen LogP contribution < -0.4 is 10.1 Å². The maximum atomic E-state index is 12.0. The molecular weight excluding hydrogens is 278 g/mol. The Morgan fingerprint density at radius 1 is 1.09 bits per heavy atom. The van der Waals surface area contributed by atoms with Crippen molar-refractivity contribution in [3.8, 4) is 11.5 Å². The number of carbonyl (C=O) groups excluding carboxylic acids is 1. The van der Waals surface area contributed by atoms with Crippen molar-refractivity contribution in [1.82, 2.24) is 5.32 Å². The fourth-order valence-electron chi connectivity index (χ4n) is 2.04. The minimum atomic E-state index is -0.133. The zero-order valence-electron chi connectivity index (χ0n) is 12.8. The van der Waals surface area contributed by atoms with E-state index in [2.05, 4.69) is 5.32 Å². The molecule has 0 fully saturated rings. The first-order valence-electron chi connectivity index (χ1n) is 7.33. The summed E-state index contributed by atoms with van der Waals surface area (Å²) in [5.41, 5.74) is 0.860. The smallest absolute Gasteiger partial charge is 0.224 e. The van der Waals surface area contributed by atoms with Crippen LogP contribution in [0.25, 0.3) is 0 Å². The highest BCUT2D eigenvalue weighted by Crippen LogP contribution is 2.13. The summed E-state index contributed by atoms with van der Waals surface area (Å²) in [5, 5.41) is 12.2. The second kappa shape index (κ2) is 7.50. The molecule has 0 bridgehead atoms. The Morgan fingerprint density at radius 2 is 1.73 bits per heavy atom. The molecule has 0 radical (unpaired) electrons. The first-order valence-corrected chi connectivity index (χ1v) is 7.33. The number of aromatic hydroxyl groups is 1. The third kappa shape index (κ3) is 4.81. The third-order valence-corrected chi connectivity index (χ3v) is 3.46. The van der Waals surface area contributed by atoms with E-state index in [1.165, 1.54) is 0 Å². The van der Waals surface area contributed by atoms with Gasteiger partial charge in [0.1, 0.15) is 17.6 Å². The second-order valence-electron chi connectivity index (χ2n) is 5.34. The molecule has 4 nitrogen and oxygen atoms in total. The molecule has 0 aromatic heterocycles. The predicted molar refractivity (Wildman–Crippen MR) is 85.9 cm³/mol. The summed E-state index contributed by atoms with van der Waals surface area (Å²) < 4.78 is 5.80. The first-order chi connectivity index (χ1) is 10.5. The van der Waals surface area contributed by atoms with Gasteiger partial charge in [0.2, 0.25) is 5.91 Å². The van der Waals surface area contributed by atoms with Gasteiger partial charge in [0.05, 0.1) is 12.5 Å². The summed E-state index contributed by atoms with van der Waals surface area (Å²) >= 11 is 0. The Morgan fingerprint density at radius 3 is 2.36 bits per heavy atom. The summed E-state index contributed by atoms with van der Waals surface area (Å²) in [4.78, 5) is 12.0. The molecule has 1 amide bonds. The van der Waals surface area contributed by atoms with E-state index in [9.17, 15) is 9.90 Å². The average Bonchev–Trinajstić information content (AvgIpc) is 2.50. The number of hydrogen-bond donors (Lipinski definition) is 2. The van der Waals surface area contributed by atoms with E-state index in [1.807, 2.05) is 44.2 Å². The van der Waals surface area contributed by atoms with Gasteiger partial charge in [-0.2, -0.15) is 0 Å². The van der Waals surface area contributed by atoms with Gasteiger partial charge in [0.15, 0.2) is 0 Å². The number of amides is 1. The monoisotopic (exact) mass is 299 g/mol. The number of phenolic OH excluding ortho intramolecular Hbond substituents is 1. The van der Waals surface area contributed by atoms with E-state index in [-0.39, 0.29) is 30.2 Å². The van der Waals surface area contributed by atoms with Crippen molar-refractivity contribution in [1.29, 1.82) is 0 Å². The van der Waals surface area contributed by atoms with Gasteiger partial charge >= 0.3 is 0 Å². The van der Waals surface area contributed by atoms with Gasteiger partial charge in [-0.15, -0.1) is 0 Å². The fraction of sp³-hybridized carbons (Fsp3) is 0.278. The van der Waals surface area contributed by atoms with Crippen molar-refractivity contribution in [2.24, 2.45) is 0 Å². The molecule has 2 atom stereocenters. The molecule has 4 heteroatoms. The van der Waals surface area contributed by atoms with Crippen LogP contribution in [-0.2, 0) is 11.2 Å². The molecule has 0 unspecified atom stereocenters. The molecule has 2 N–H and O–H groups in total. The molecule has 0 heterocycles. The number of rotatable bonds is 6. The molecule has 0 saturated heterocycles. The number of benzene rings is 2. The molecule has 2 aromatic carbocycles.